The Hall–Kier alpha value is -2.54. The second-order valence-electron chi connectivity index (χ2n) is 5.26. The second kappa shape index (κ2) is 10.1. The highest BCUT2D eigenvalue weighted by Crippen LogP contribution is 2.28. The number of thiazole rings is 1. The van der Waals surface area contributed by atoms with Crippen molar-refractivity contribution in [2.45, 2.75) is 13.8 Å². The van der Waals surface area contributed by atoms with Gasteiger partial charge in [0.25, 0.3) is 5.91 Å². The summed E-state index contributed by atoms with van der Waals surface area (Å²) in [5, 5.41) is 16.2. The molecule has 1 aromatic heterocycles. The van der Waals surface area contributed by atoms with Crippen molar-refractivity contribution in [3.63, 3.8) is 0 Å². The van der Waals surface area contributed by atoms with Gasteiger partial charge in [-0.1, -0.05) is 29.0 Å². The van der Waals surface area contributed by atoms with Crippen molar-refractivity contribution in [1.29, 1.82) is 5.26 Å². The van der Waals surface area contributed by atoms with E-state index in [1.807, 2.05) is 6.07 Å². The van der Waals surface area contributed by atoms with E-state index in [9.17, 15) is 14.9 Å². The van der Waals surface area contributed by atoms with Crippen molar-refractivity contribution in [2.24, 2.45) is 0 Å². The van der Waals surface area contributed by atoms with E-state index in [-0.39, 0.29) is 18.1 Å². The van der Waals surface area contributed by atoms with Gasteiger partial charge in [0.05, 0.1) is 17.3 Å². The van der Waals surface area contributed by atoms with E-state index in [1.165, 1.54) is 11.8 Å². The molecule has 0 spiro atoms. The summed E-state index contributed by atoms with van der Waals surface area (Å²) in [5.74, 6) is -1.04. The molecular formula is C18H17ClN4O3S2. The molecule has 0 aliphatic rings. The van der Waals surface area contributed by atoms with Crippen LogP contribution in [0.2, 0.25) is 5.02 Å². The first kappa shape index (κ1) is 21.8. The van der Waals surface area contributed by atoms with Crippen LogP contribution in [-0.4, -0.2) is 29.7 Å². The highest BCUT2D eigenvalue weighted by atomic mass is 35.5. The molecule has 2 rings (SSSR count). The number of ether oxygens (including phenoxy) is 1. The van der Waals surface area contributed by atoms with Crippen LogP contribution in [0.3, 0.4) is 0 Å². The van der Waals surface area contributed by atoms with E-state index in [1.54, 1.807) is 44.4 Å². The molecule has 1 amide bonds. The molecule has 0 saturated heterocycles. The predicted molar refractivity (Wildman–Crippen MR) is 113 cm³/mol. The standard InChI is InChI=1S/C18H17ClN4O3S2/c1-4-26-17(25)13(9-20)16(27-3)23-18-21-10(2)14(28-18)15(24)22-12-7-5-6-11(19)8-12/h5-8H,4H2,1-3H3,(H,21,23)(H,22,24)/b16-13+. The average Bonchev–Trinajstić information content (AvgIpc) is 3.02. The number of carbonyl (C=O) groups is 2. The molecule has 0 bridgehead atoms. The quantitative estimate of drug-likeness (QED) is 0.375. The minimum Gasteiger partial charge on any atom is -0.462 e. The van der Waals surface area contributed by atoms with E-state index in [0.717, 1.165) is 11.3 Å². The maximum Gasteiger partial charge on any atom is 0.351 e. The number of halogens is 1. The highest BCUT2D eigenvalue weighted by Gasteiger charge is 2.20. The van der Waals surface area contributed by atoms with E-state index in [4.69, 9.17) is 16.3 Å². The molecule has 10 heteroatoms. The van der Waals surface area contributed by atoms with Crippen molar-refractivity contribution < 1.29 is 14.3 Å². The van der Waals surface area contributed by atoms with Gasteiger partial charge in [-0.05, 0) is 38.3 Å². The monoisotopic (exact) mass is 436 g/mol. The Morgan fingerprint density at radius 2 is 2.14 bits per heavy atom. The number of benzene rings is 1. The summed E-state index contributed by atoms with van der Waals surface area (Å²) in [4.78, 5) is 29.2. The molecule has 0 unspecified atom stereocenters. The van der Waals surface area contributed by atoms with Gasteiger partial charge in [0, 0.05) is 10.7 Å². The van der Waals surface area contributed by atoms with Gasteiger partial charge in [0.15, 0.2) is 10.7 Å². The number of aryl methyl sites for hydroxylation is 1. The van der Waals surface area contributed by atoms with Gasteiger partial charge >= 0.3 is 5.97 Å². The van der Waals surface area contributed by atoms with Crippen LogP contribution in [0.4, 0.5) is 10.8 Å². The molecule has 0 aliphatic heterocycles. The van der Waals surface area contributed by atoms with Crippen molar-refractivity contribution in [3.8, 4) is 6.07 Å². The Bertz CT molecular complexity index is 966. The van der Waals surface area contributed by atoms with E-state index >= 15 is 0 Å². The number of aromatic nitrogens is 1. The molecule has 146 valence electrons. The van der Waals surface area contributed by atoms with Gasteiger partial charge in [-0.15, -0.1) is 11.8 Å². The largest absolute Gasteiger partial charge is 0.462 e. The van der Waals surface area contributed by atoms with Crippen LogP contribution in [0, 0.1) is 18.3 Å². The SMILES string of the molecule is CCOC(=O)/C(C#N)=C(\Nc1nc(C)c(C(=O)Nc2cccc(Cl)c2)s1)SC. The summed E-state index contributed by atoms with van der Waals surface area (Å²) in [7, 11) is 0. The predicted octanol–water partition coefficient (Wildman–Crippen LogP) is 4.43. The lowest BCUT2D eigenvalue weighted by Gasteiger charge is -2.08. The third kappa shape index (κ3) is 5.48. The Morgan fingerprint density at radius 1 is 1.39 bits per heavy atom. The number of rotatable bonds is 7. The van der Waals surface area contributed by atoms with Crippen LogP contribution < -0.4 is 10.6 Å². The number of amides is 1. The zero-order valence-corrected chi connectivity index (χ0v) is 17.7. The fourth-order valence-corrected chi connectivity index (χ4v) is 3.77. The summed E-state index contributed by atoms with van der Waals surface area (Å²) in [6.07, 6.45) is 1.71. The fraction of sp³-hybridized carbons (Fsp3) is 0.222. The zero-order valence-electron chi connectivity index (χ0n) is 15.3. The molecule has 0 fully saturated rings. The number of anilines is 2. The summed E-state index contributed by atoms with van der Waals surface area (Å²) in [6.45, 7) is 3.53. The van der Waals surface area contributed by atoms with Crippen LogP contribution in [0.15, 0.2) is 34.9 Å². The number of hydrogen-bond donors (Lipinski definition) is 2. The lowest BCUT2D eigenvalue weighted by Crippen LogP contribution is -2.11. The van der Waals surface area contributed by atoms with Gasteiger partial charge in [0.1, 0.15) is 10.9 Å². The van der Waals surface area contributed by atoms with Crippen molar-refractivity contribution >= 4 is 57.4 Å². The van der Waals surface area contributed by atoms with E-state index < -0.39 is 5.97 Å². The molecule has 2 N–H and O–H groups in total. The first-order valence-corrected chi connectivity index (χ1v) is 10.5. The smallest absolute Gasteiger partial charge is 0.351 e. The Labute approximate surface area is 175 Å². The minimum atomic E-state index is -0.714. The number of hydrogen-bond acceptors (Lipinski definition) is 8. The van der Waals surface area contributed by atoms with Crippen molar-refractivity contribution in [1.82, 2.24) is 4.98 Å². The number of thioether (sulfide) groups is 1. The Morgan fingerprint density at radius 3 is 2.75 bits per heavy atom. The maximum atomic E-state index is 12.5. The lowest BCUT2D eigenvalue weighted by molar-refractivity contribution is -0.138. The van der Waals surface area contributed by atoms with Crippen molar-refractivity contribution in [3.05, 3.63) is 50.5 Å². The molecule has 2 aromatic rings. The third-order valence-electron chi connectivity index (χ3n) is 3.33. The maximum absolute atomic E-state index is 12.5. The Balaban J connectivity index is 2.24. The molecule has 1 heterocycles. The van der Waals surface area contributed by atoms with Crippen LogP contribution >= 0.6 is 34.7 Å². The first-order valence-electron chi connectivity index (χ1n) is 8.06. The fourth-order valence-electron chi connectivity index (χ4n) is 2.12. The second-order valence-corrected chi connectivity index (χ2v) is 7.52. The topological polar surface area (TPSA) is 104 Å². The zero-order chi connectivity index (χ0) is 20.7. The average molecular weight is 437 g/mol. The molecule has 0 radical (unpaired) electrons. The van der Waals surface area contributed by atoms with E-state index in [0.29, 0.717) is 31.4 Å². The number of nitrogens with zero attached hydrogens (tertiary/aromatic N) is 2. The normalized spacial score (nSPS) is 11.2. The molecule has 28 heavy (non-hydrogen) atoms. The van der Waals surface area contributed by atoms with E-state index in [2.05, 4.69) is 15.6 Å². The molecule has 7 nitrogen and oxygen atoms in total. The minimum absolute atomic E-state index is 0.146. The third-order valence-corrected chi connectivity index (χ3v) is 5.35. The van der Waals surface area contributed by atoms with Gasteiger partial charge in [-0.3, -0.25) is 4.79 Å². The summed E-state index contributed by atoms with van der Waals surface area (Å²) in [5.41, 5.74) is 0.938. The summed E-state index contributed by atoms with van der Waals surface area (Å²) in [6, 6.07) is 8.66. The summed E-state index contributed by atoms with van der Waals surface area (Å²) < 4.78 is 4.89. The van der Waals surface area contributed by atoms with Crippen LogP contribution in [0.1, 0.15) is 22.3 Å². The number of carbonyl (C=O) groups excluding carboxylic acids is 2. The highest BCUT2D eigenvalue weighted by molar-refractivity contribution is 8.02. The summed E-state index contributed by atoms with van der Waals surface area (Å²) >= 11 is 8.22. The van der Waals surface area contributed by atoms with Crippen LogP contribution in [0.25, 0.3) is 0 Å². The van der Waals surface area contributed by atoms with Gasteiger partial charge < -0.3 is 15.4 Å². The van der Waals surface area contributed by atoms with Crippen LogP contribution in [0.5, 0.6) is 0 Å². The molecule has 1 aromatic carbocycles. The number of nitriles is 1. The molecule has 0 aliphatic carbocycles. The van der Waals surface area contributed by atoms with Crippen LogP contribution in [-0.2, 0) is 9.53 Å². The van der Waals surface area contributed by atoms with Crippen molar-refractivity contribution in [2.75, 3.05) is 23.5 Å². The number of esters is 1. The first-order chi connectivity index (χ1) is 13.4. The molecule has 0 atom stereocenters. The molecule has 0 saturated carbocycles. The van der Waals surface area contributed by atoms with Gasteiger partial charge in [-0.25, -0.2) is 9.78 Å². The number of nitrogens with one attached hydrogen (secondary N) is 2. The molecular weight excluding hydrogens is 420 g/mol. The lowest BCUT2D eigenvalue weighted by atomic mass is 10.3. The Kier molecular flexibility index (Phi) is 7.87. The van der Waals surface area contributed by atoms with Gasteiger partial charge in [0.2, 0.25) is 0 Å². The van der Waals surface area contributed by atoms with Gasteiger partial charge in [-0.2, -0.15) is 5.26 Å².